The van der Waals surface area contributed by atoms with Crippen molar-refractivity contribution in [2.75, 3.05) is 0 Å². The molecule has 13 heavy (non-hydrogen) atoms. The number of hydrogen-bond acceptors (Lipinski definition) is 2. The lowest BCUT2D eigenvalue weighted by Crippen LogP contribution is -2.48. The second kappa shape index (κ2) is 4.43. The largest absolute Gasteiger partial charge is 0.328 e. The summed E-state index contributed by atoms with van der Waals surface area (Å²) in [6.45, 7) is 4.57. The van der Waals surface area contributed by atoms with Crippen LogP contribution in [0, 0.1) is 5.41 Å². The summed E-state index contributed by atoms with van der Waals surface area (Å²) in [5.74, 6) is 0. The van der Waals surface area contributed by atoms with Gasteiger partial charge in [0.2, 0.25) is 0 Å². The third-order valence-corrected chi connectivity index (χ3v) is 3.64. The number of unbranched alkanes of at least 4 members (excludes halogenated alkanes) is 1. The molecule has 0 aliphatic heterocycles. The van der Waals surface area contributed by atoms with Crippen LogP contribution in [0.4, 0.5) is 0 Å². The molecule has 0 amide bonds. The minimum atomic E-state index is 0.322. The van der Waals surface area contributed by atoms with Gasteiger partial charge in [-0.25, -0.2) is 0 Å². The van der Waals surface area contributed by atoms with Gasteiger partial charge in [-0.2, -0.15) is 0 Å². The Labute approximate surface area is 82.1 Å². The van der Waals surface area contributed by atoms with Gasteiger partial charge in [-0.3, -0.25) is 0 Å². The first-order valence-electron chi connectivity index (χ1n) is 5.59. The van der Waals surface area contributed by atoms with Crippen LogP contribution < -0.4 is 11.5 Å². The summed E-state index contributed by atoms with van der Waals surface area (Å²) in [6, 6.07) is 0.674. The summed E-state index contributed by atoms with van der Waals surface area (Å²) in [7, 11) is 0. The Morgan fingerprint density at radius 3 is 2.62 bits per heavy atom. The lowest BCUT2D eigenvalue weighted by atomic mass is 9.68. The maximum absolute atomic E-state index is 6.16. The molecule has 0 saturated heterocycles. The topological polar surface area (TPSA) is 52.0 Å². The Kier molecular flexibility index (Phi) is 3.74. The van der Waals surface area contributed by atoms with Gasteiger partial charge in [-0.1, -0.05) is 26.7 Å². The third kappa shape index (κ3) is 2.68. The quantitative estimate of drug-likeness (QED) is 0.705. The van der Waals surface area contributed by atoms with Crippen molar-refractivity contribution in [3.63, 3.8) is 0 Å². The van der Waals surface area contributed by atoms with Crippen LogP contribution in [0.3, 0.4) is 0 Å². The lowest BCUT2D eigenvalue weighted by Gasteiger charge is -2.42. The van der Waals surface area contributed by atoms with Crippen molar-refractivity contribution in [2.45, 2.75) is 64.5 Å². The number of nitrogens with two attached hydrogens (primary N) is 2. The smallest absolute Gasteiger partial charge is 0.0108 e. The van der Waals surface area contributed by atoms with Crippen LogP contribution in [0.15, 0.2) is 0 Å². The fraction of sp³-hybridized carbons (Fsp3) is 1.00. The summed E-state index contributed by atoms with van der Waals surface area (Å²) < 4.78 is 0. The zero-order valence-electron chi connectivity index (χ0n) is 9.05. The van der Waals surface area contributed by atoms with E-state index in [1.807, 2.05) is 0 Å². The molecule has 2 nitrogen and oxygen atoms in total. The van der Waals surface area contributed by atoms with Gasteiger partial charge in [0.15, 0.2) is 0 Å². The molecule has 0 radical (unpaired) electrons. The zero-order chi connectivity index (χ0) is 9.90. The Hall–Kier alpha value is -0.0800. The predicted octanol–water partition coefficient (Wildman–Crippen LogP) is 2.02. The van der Waals surface area contributed by atoms with E-state index in [9.17, 15) is 0 Å². The van der Waals surface area contributed by atoms with E-state index in [1.54, 1.807) is 0 Å². The Morgan fingerprint density at radius 2 is 2.08 bits per heavy atom. The van der Waals surface area contributed by atoms with Crippen LogP contribution in [-0.4, -0.2) is 12.1 Å². The second-order valence-corrected chi connectivity index (χ2v) is 4.90. The summed E-state index contributed by atoms with van der Waals surface area (Å²) in [4.78, 5) is 0. The van der Waals surface area contributed by atoms with Gasteiger partial charge >= 0.3 is 0 Å². The predicted molar refractivity (Wildman–Crippen MR) is 57.4 cm³/mol. The van der Waals surface area contributed by atoms with E-state index in [1.165, 1.54) is 25.7 Å². The van der Waals surface area contributed by atoms with Crippen molar-refractivity contribution < 1.29 is 0 Å². The maximum atomic E-state index is 6.16. The molecular formula is C11H24N2. The molecular weight excluding hydrogens is 160 g/mol. The van der Waals surface area contributed by atoms with Crippen LogP contribution in [0.25, 0.3) is 0 Å². The number of rotatable bonds is 3. The fourth-order valence-electron chi connectivity index (χ4n) is 2.32. The van der Waals surface area contributed by atoms with Gasteiger partial charge in [0, 0.05) is 12.1 Å². The van der Waals surface area contributed by atoms with Gasteiger partial charge in [-0.05, 0) is 31.1 Å². The fourth-order valence-corrected chi connectivity index (χ4v) is 2.32. The summed E-state index contributed by atoms with van der Waals surface area (Å²) in [5, 5.41) is 0. The van der Waals surface area contributed by atoms with Crippen LogP contribution in [0.1, 0.15) is 52.4 Å². The number of hydrogen-bond donors (Lipinski definition) is 2. The van der Waals surface area contributed by atoms with Crippen molar-refractivity contribution in [3.8, 4) is 0 Å². The molecule has 3 unspecified atom stereocenters. The highest BCUT2D eigenvalue weighted by Gasteiger charge is 2.35. The van der Waals surface area contributed by atoms with Crippen molar-refractivity contribution in [3.05, 3.63) is 0 Å². The van der Waals surface area contributed by atoms with Gasteiger partial charge in [-0.15, -0.1) is 0 Å². The molecule has 78 valence electrons. The average molecular weight is 184 g/mol. The van der Waals surface area contributed by atoms with Crippen LogP contribution in [-0.2, 0) is 0 Å². The minimum Gasteiger partial charge on any atom is -0.328 e. The molecule has 0 aromatic rings. The third-order valence-electron chi connectivity index (χ3n) is 3.64. The molecule has 3 atom stereocenters. The Morgan fingerprint density at radius 1 is 1.38 bits per heavy atom. The Bertz CT molecular complexity index is 154. The van der Waals surface area contributed by atoms with Crippen molar-refractivity contribution >= 4 is 0 Å². The van der Waals surface area contributed by atoms with E-state index >= 15 is 0 Å². The van der Waals surface area contributed by atoms with E-state index in [4.69, 9.17) is 11.5 Å². The minimum absolute atomic E-state index is 0.322. The highest BCUT2D eigenvalue weighted by atomic mass is 14.8. The molecule has 2 heteroatoms. The summed E-state index contributed by atoms with van der Waals surface area (Å²) in [6.07, 6.45) is 7.24. The van der Waals surface area contributed by atoms with Crippen LogP contribution in [0.5, 0.6) is 0 Å². The summed E-state index contributed by atoms with van der Waals surface area (Å²) in [5.41, 5.74) is 12.4. The van der Waals surface area contributed by atoms with Crippen LogP contribution in [0.2, 0.25) is 0 Å². The molecule has 4 N–H and O–H groups in total. The first-order chi connectivity index (χ1) is 6.08. The molecule has 0 bridgehead atoms. The van der Waals surface area contributed by atoms with E-state index in [2.05, 4.69) is 13.8 Å². The van der Waals surface area contributed by atoms with E-state index < -0.39 is 0 Å². The van der Waals surface area contributed by atoms with Gasteiger partial charge < -0.3 is 11.5 Å². The van der Waals surface area contributed by atoms with Crippen molar-refractivity contribution in [1.29, 1.82) is 0 Å². The van der Waals surface area contributed by atoms with Crippen LogP contribution >= 0.6 is 0 Å². The van der Waals surface area contributed by atoms with Crippen molar-refractivity contribution in [2.24, 2.45) is 16.9 Å². The molecule has 1 fully saturated rings. The monoisotopic (exact) mass is 184 g/mol. The summed E-state index contributed by atoms with van der Waals surface area (Å²) >= 11 is 0. The van der Waals surface area contributed by atoms with Crippen molar-refractivity contribution in [1.82, 2.24) is 0 Å². The molecule has 1 saturated carbocycles. The molecule has 0 aromatic heterocycles. The second-order valence-electron chi connectivity index (χ2n) is 4.90. The molecule has 0 aromatic carbocycles. The Balaban J connectivity index is 2.46. The lowest BCUT2D eigenvalue weighted by molar-refractivity contribution is 0.145. The first-order valence-corrected chi connectivity index (χ1v) is 5.59. The van der Waals surface area contributed by atoms with Gasteiger partial charge in [0.1, 0.15) is 0 Å². The molecule has 1 rings (SSSR count). The highest BCUT2D eigenvalue weighted by molar-refractivity contribution is 4.92. The maximum Gasteiger partial charge on any atom is 0.0108 e. The van der Waals surface area contributed by atoms with E-state index in [0.717, 1.165) is 12.8 Å². The highest BCUT2D eigenvalue weighted by Crippen LogP contribution is 2.38. The van der Waals surface area contributed by atoms with Gasteiger partial charge in [0.05, 0.1) is 0 Å². The van der Waals surface area contributed by atoms with E-state index in [0.29, 0.717) is 17.5 Å². The van der Waals surface area contributed by atoms with E-state index in [-0.39, 0.29) is 0 Å². The molecule has 0 heterocycles. The first kappa shape index (κ1) is 11.0. The molecule has 1 aliphatic rings. The SMILES string of the molecule is CCCCC1(C)CCC(N)CC1N. The standard InChI is InChI=1S/C11H24N2/c1-3-4-6-11(2)7-5-9(12)8-10(11)13/h9-10H,3-8,12-13H2,1-2H3. The average Bonchev–Trinajstić information content (AvgIpc) is 2.09. The van der Waals surface area contributed by atoms with Gasteiger partial charge in [0.25, 0.3) is 0 Å². The normalized spacial score (nSPS) is 40.6. The molecule has 1 aliphatic carbocycles. The zero-order valence-corrected chi connectivity index (χ0v) is 9.05. The molecule has 0 spiro atoms.